The molecule has 2 aromatic carbocycles. The zero-order chi connectivity index (χ0) is 19.2. The molecule has 0 fully saturated rings. The lowest BCUT2D eigenvalue weighted by Gasteiger charge is -2.10. The molecule has 0 spiro atoms. The van der Waals surface area contributed by atoms with E-state index in [9.17, 15) is 13.2 Å². The number of nitrogens with one attached hydrogen (secondary N) is 1. The number of carbonyl (C=O) groups is 1. The number of rotatable bonds is 4. The third-order valence-corrected chi connectivity index (χ3v) is 6.75. The second-order valence-electron chi connectivity index (χ2n) is 6.04. The monoisotopic (exact) mass is 401 g/mol. The van der Waals surface area contributed by atoms with E-state index in [0.717, 1.165) is 9.69 Å². The van der Waals surface area contributed by atoms with Gasteiger partial charge in [-0.15, -0.1) is 0 Å². The zero-order valence-electron chi connectivity index (χ0n) is 14.5. The Morgan fingerprint density at radius 3 is 2.67 bits per heavy atom. The van der Waals surface area contributed by atoms with Crippen molar-refractivity contribution in [3.63, 3.8) is 0 Å². The van der Waals surface area contributed by atoms with Crippen LogP contribution in [0.2, 0.25) is 0 Å². The number of fused-ring (bicyclic) bond motifs is 2. The van der Waals surface area contributed by atoms with Crippen LogP contribution in [0.1, 0.15) is 10.6 Å². The van der Waals surface area contributed by atoms with Crippen LogP contribution in [0.3, 0.4) is 0 Å². The summed E-state index contributed by atoms with van der Waals surface area (Å²) in [5, 5.41) is 3.91. The van der Waals surface area contributed by atoms with Crippen LogP contribution < -0.4 is 5.32 Å². The summed E-state index contributed by atoms with van der Waals surface area (Å²) in [5.74, 6) is -0.224. The summed E-state index contributed by atoms with van der Waals surface area (Å²) in [4.78, 5) is 17.0. The number of carbonyl (C=O) groups excluding carboxylic acids is 1. The van der Waals surface area contributed by atoms with E-state index < -0.39 is 15.9 Å². The van der Waals surface area contributed by atoms with Crippen LogP contribution in [0, 0.1) is 0 Å². The number of anilines is 1. The highest BCUT2D eigenvalue weighted by Crippen LogP contribution is 2.29. The quantitative estimate of drug-likeness (QED) is 0.565. The molecular formula is C18H15N3O4S2. The number of thiazole rings is 1. The van der Waals surface area contributed by atoms with Crippen molar-refractivity contribution in [3.8, 4) is 0 Å². The number of benzene rings is 2. The molecule has 0 saturated heterocycles. The maximum Gasteiger partial charge on any atom is 0.293 e. The van der Waals surface area contributed by atoms with Crippen LogP contribution in [-0.4, -0.2) is 37.7 Å². The Morgan fingerprint density at radius 1 is 1.15 bits per heavy atom. The van der Waals surface area contributed by atoms with E-state index in [2.05, 4.69) is 10.3 Å². The van der Waals surface area contributed by atoms with Gasteiger partial charge in [-0.25, -0.2) is 17.7 Å². The molecule has 1 N–H and O–H groups in total. The Labute approximate surface area is 159 Å². The summed E-state index contributed by atoms with van der Waals surface area (Å²) in [5.41, 5.74) is 1.24. The van der Waals surface area contributed by atoms with Crippen molar-refractivity contribution in [2.75, 3.05) is 19.4 Å². The molecule has 0 unspecified atom stereocenters. The van der Waals surface area contributed by atoms with Crippen LogP contribution in [0.15, 0.2) is 57.8 Å². The van der Waals surface area contributed by atoms with E-state index in [0.29, 0.717) is 20.9 Å². The highest BCUT2D eigenvalue weighted by Gasteiger charge is 2.19. The first-order valence-electron chi connectivity index (χ1n) is 7.98. The summed E-state index contributed by atoms with van der Waals surface area (Å²) in [7, 11) is -0.575. The summed E-state index contributed by atoms with van der Waals surface area (Å²) in [6, 6.07) is 13.7. The van der Waals surface area contributed by atoms with Crippen molar-refractivity contribution in [3.05, 3.63) is 54.3 Å². The van der Waals surface area contributed by atoms with Crippen molar-refractivity contribution in [1.29, 1.82) is 0 Å². The molecular weight excluding hydrogens is 386 g/mol. The molecule has 0 atom stereocenters. The van der Waals surface area contributed by atoms with Gasteiger partial charge in [0.2, 0.25) is 10.0 Å². The lowest BCUT2D eigenvalue weighted by atomic mass is 10.2. The third kappa shape index (κ3) is 3.20. The predicted octanol–water partition coefficient (Wildman–Crippen LogP) is 3.55. The van der Waals surface area contributed by atoms with Crippen molar-refractivity contribution >= 4 is 53.6 Å². The smallest absolute Gasteiger partial charge is 0.293 e. The number of amides is 1. The van der Waals surface area contributed by atoms with Gasteiger partial charge in [0, 0.05) is 19.5 Å². The largest absolute Gasteiger partial charge is 0.451 e. The summed E-state index contributed by atoms with van der Waals surface area (Å²) in [6.07, 6.45) is 0. The SMILES string of the molecule is CN(C)S(=O)(=O)c1ccc2nc(NC(=O)c3cc4ccccc4o3)sc2c1. The molecule has 4 rings (SSSR count). The molecule has 0 aliphatic rings. The Hall–Kier alpha value is -2.75. The van der Waals surface area contributed by atoms with E-state index >= 15 is 0 Å². The molecule has 7 nitrogen and oxygen atoms in total. The highest BCUT2D eigenvalue weighted by atomic mass is 32.2. The van der Waals surface area contributed by atoms with Crippen molar-refractivity contribution in [2.24, 2.45) is 0 Å². The predicted molar refractivity (Wildman–Crippen MR) is 105 cm³/mol. The molecule has 0 bridgehead atoms. The van der Waals surface area contributed by atoms with E-state index in [1.54, 1.807) is 24.3 Å². The van der Waals surface area contributed by atoms with Gasteiger partial charge in [0.25, 0.3) is 5.91 Å². The summed E-state index contributed by atoms with van der Waals surface area (Å²) in [6.45, 7) is 0. The zero-order valence-corrected chi connectivity index (χ0v) is 16.1. The van der Waals surface area contributed by atoms with Gasteiger partial charge in [0.05, 0.1) is 15.1 Å². The number of hydrogen-bond acceptors (Lipinski definition) is 6. The van der Waals surface area contributed by atoms with Gasteiger partial charge in [0.1, 0.15) is 5.58 Å². The Balaban J connectivity index is 1.63. The average Bonchev–Trinajstić information content (AvgIpc) is 3.24. The summed E-state index contributed by atoms with van der Waals surface area (Å²) >= 11 is 1.20. The first kappa shape index (κ1) is 17.7. The first-order valence-corrected chi connectivity index (χ1v) is 10.2. The standard InChI is InChI=1S/C18H15N3O4S2/c1-21(2)27(23,24)12-7-8-13-16(10-12)26-18(19-13)20-17(22)15-9-11-5-3-4-6-14(11)25-15/h3-10H,1-2H3,(H,19,20,22). The number of para-hydroxylation sites is 1. The summed E-state index contributed by atoms with van der Waals surface area (Å²) < 4.78 is 31.9. The number of sulfonamides is 1. The van der Waals surface area contributed by atoms with Crippen LogP contribution in [-0.2, 0) is 10.0 Å². The molecule has 138 valence electrons. The first-order chi connectivity index (χ1) is 12.8. The lowest BCUT2D eigenvalue weighted by Crippen LogP contribution is -2.22. The van der Waals surface area contributed by atoms with Crippen LogP contribution in [0.5, 0.6) is 0 Å². The molecule has 1 amide bonds. The van der Waals surface area contributed by atoms with E-state index in [4.69, 9.17) is 4.42 Å². The maximum atomic E-state index is 12.4. The van der Waals surface area contributed by atoms with Crippen molar-refractivity contribution in [2.45, 2.75) is 4.90 Å². The Kier molecular flexibility index (Phi) is 4.22. The van der Waals surface area contributed by atoms with E-state index in [1.807, 2.05) is 18.2 Å². The number of furan rings is 1. The molecule has 0 saturated carbocycles. The second-order valence-corrected chi connectivity index (χ2v) is 9.22. The second kappa shape index (κ2) is 6.45. The number of nitrogens with zero attached hydrogens (tertiary/aromatic N) is 2. The maximum absolute atomic E-state index is 12.4. The molecule has 4 aromatic rings. The van der Waals surface area contributed by atoms with Gasteiger partial charge < -0.3 is 4.42 Å². The van der Waals surface area contributed by atoms with E-state index in [-0.39, 0.29) is 10.7 Å². The average molecular weight is 401 g/mol. The normalized spacial score (nSPS) is 12.1. The minimum atomic E-state index is -3.53. The van der Waals surface area contributed by atoms with Crippen LogP contribution in [0.4, 0.5) is 5.13 Å². The number of hydrogen-bond donors (Lipinski definition) is 1. The molecule has 0 aliphatic carbocycles. The van der Waals surface area contributed by atoms with Gasteiger partial charge in [-0.1, -0.05) is 29.5 Å². The fourth-order valence-electron chi connectivity index (χ4n) is 2.58. The molecule has 0 aliphatic heterocycles. The fraction of sp³-hybridized carbons (Fsp3) is 0.111. The third-order valence-electron chi connectivity index (χ3n) is 4.01. The van der Waals surface area contributed by atoms with Crippen molar-refractivity contribution in [1.82, 2.24) is 9.29 Å². The molecule has 27 heavy (non-hydrogen) atoms. The molecule has 9 heteroatoms. The van der Waals surface area contributed by atoms with Gasteiger partial charge in [-0.05, 0) is 30.3 Å². The van der Waals surface area contributed by atoms with Crippen molar-refractivity contribution < 1.29 is 17.6 Å². The van der Waals surface area contributed by atoms with Crippen LogP contribution >= 0.6 is 11.3 Å². The number of aromatic nitrogens is 1. The minimum Gasteiger partial charge on any atom is -0.451 e. The van der Waals surface area contributed by atoms with Gasteiger partial charge in [-0.2, -0.15) is 0 Å². The van der Waals surface area contributed by atoms with Crippen LogP contribution in [0.25, 0.3) is 21.2 Å². The molecule has 2 heterocycles. The fourth-order valence-corrected chi connectivity index (χ4v) is 4.49. The van der Waals surface area contributed by atoms with Gasteiger partial charge >= 0.3 is 0 Å². The lowest BCUT2D eigenvalue weighted by molar-refractivity contribution is 0.0998. The van der Waals surface area contributed by atoms with E-state index in [1.165, 1.54) is 31.5 Å². The van der Waals surface area contributed by atoms with Gasteiger partial charge in [-0.3, -0.25) is 10.1 Å². The Morgan fingerprint density at radius 2 is 1.93 bits per heavy atom. The Bertz CT molecular complexity index is 1240. The molecule has 2 aromatic heterocycles. The topological polar surface area (TPSA) is 92.5 Å². The molecule has 0 radical (unpaired) electrons. The highest BCUT2D eigenvalue weighted by molar-refractivity contribution is 7.89. The van der Waals surface area contributed by atoms with Gasteiger partial charge in [0.15, 0.2) is 10.9 Å². The minimum absolute atomic E-state index is 0.179.